The molecule has 0 amide bonds. The predicted octanol–water partition coefficient (Wildman–Crippen LogP) is 2.90. The van der Waals surface area contributed by atoms with E-state index < -0.39 is 0 Å². The smallest absolute Gasteiger partial charge is 0.306 e. The van der Waals surface area contributed by atoms with Crippen molar-refractivity contribution < 1.29 is 9.53 Å². The number of hydrogen-bond acceptors (Lipinski definition) is 2. The van der Waals surface area contributed by atoms with E-state index in [0.717, 1.165) is 25.1 Å². The van der Waals surface area contributed by atoms with Crippen LogP contribution in [0.3, 0.4) is 0 Å². The summed E-state index contributed by atoms with van der Waals surface area (Å²) < 4.78 is 5.04. The zero-order valence-electron chi connectivity index (χ0n) is 8.54. The number of esters is 1. The van der Waals surface area contributed by atoms with E-state index in [9.17, 15) is 4.79 Å². The molecule has 0 aromatic carbocycles. The van der Waals surface area contributed by atoms with E-state index in [1.165, 1.54) is 0 Å². The first-order valence-electron chi connectivity index (χ1n) is 5.16. The molecule has 0 saturated carbocycles. The Bertz CT molecular complexity index is 213. The Morgan fingerprint density at radius 3 is 2.93 bits per heavy atom. The average molecular weight is 217 g/mol. The highest BCUT2D eigenvalue weighted by Crippen LogP contribution is 2.23. The molecule has 1 fully saturated rings. The lowest BCUT2D eigenvalue weighted by atomic mass is 10.0. The first-order valence-corrected chi connectivity index (χ1v) is 5.69. The van der Waals surface area contributed by atoms with Crippen molar-refractivity contribution in [2.45, 2.75) is 38.7 Å². The summed E-state index contributed by atoms with van der Waals surface area (Å²) >= 11 is 5.56. The van der Waals surface area contributed by atoms with E-state index in [-0.39, 0.29) is 18.0 Å². The number of cyclic esters (lactones) is 1. The molecule has 2 nitrogen and oxygen atoms in total. The maximum absolute atomic E-state index is 10.9. The molecule has 1 heterocycles. The number of halogens is 1. The molecule has 1 aliphatic heterocycles. The highest BCUT2D eigenvalue weighted by Gasteiger charge is 2.28. The van der Waals surface area contributed by atoms with E-state index >= 15 is 0 Å². The quantitative estimate of drug-likeness (QED) is 0.306. The van der Waals surface area contributed by atoms with Crippen LogP contribution in [0.4, 0.5) is 0 Å². The topological polar surface area (TPSA) is 26.3 Å². The highest BCUT2D eigenvalue weighted by molar-refractivity contribution is 6.17. The highest BCUT2D eigenvalue weighted by atomic mass is 35.5. The van der Waals surface area contributed by atoms with Gasteiger partial charge in [0.15, 0.2) is 0 Å². The standard InChI is InChI=1S/C11H17ClO2/c1-9-10(8-11(13)14-9)6-4-2-3-5-7-12/h4,6,9-10H,2-3,5,7-8H2,1H3/b6-4-. The summed E-state index contributed by atoms with van der Waals surface area (Å²) in [4.78, 5) is 10.9. The molecule has 0 spiro atoms. The normalized spacial score (nSPS) is 27.1. The Morgan fingerprint density at radius 2 is 2.36 bits per heavy atom. The van der Waals surface area contributed by atoms with Gasteiger partial charge in [-0.1, -0.05) is 12.2 Å². The van der Waals surface area contributed by atoms with Gasteiger partial charge in [0.05, 0.1) is 6.42 Å². The first-order chi connectivity index (χ1) is 6.74. The first kappa shape index (κ1) is 11.6. The minimum atomic E-state index is -0.0760. The predicted molar refractivity (Wildman–Crippen MR) is 57.4 cm³/mol. The zero-order valence-corrected chi connectivity index (χ0v) is 9.30. The molecule has 1 saturated heterocycles. The second-order valence-electron chi connectivity index (χ2n) is 3.68. The molecule has 0 aromatic heterocycles. The number of rotatable bonds is 5. The van der Waals surface area contributed by atoms with Gasteiger partial charge in [0.1, 0.15) is 6.10 Å². The monoisotopic (exact) mass is 216 g/mol. The fraction of sp³-hybridized carbons (Fsp3) is 0.727. The van der Waals surface area contributed by atoms with Gasteiger partial charge < -0.3 is 4.74 Å². The number of alkyl halides is 1. The third kappa shape index (κ3) is 3.70. The molecule has 80 valence electrons. The van der Waals surface area contributed by atoms with Crippen LogP contribution in [-0.2, 0) is 9.53 Å². The summed E-state index contributed by atoms with van der Waals surface area (Å²) in [6.45, 7) is 1.94. The maximum atomic E-state index is 10.9. The molecule has 14 heavy (non-hydrogen) atoms. The largest absolute Gasteiger partial charge is 0.462 e. The lowest BCUT2D eigenvalue weighted by Gasteiger charge is -2.06. The zero-order chi connectivity index (χ0) is 10.4. The van der Waals surface area contributed by atoms with Gasteiger partial charge in [-0.3, -0.25) is 4.79 Å². The fourth-order valence-electron chi connectivity index (χ4n) is 1.55. The molecular formula is C11H17ClO2. The van der Waals surface area contributed by atoms with Crippen LogP contribution < -0.4 is 0 Å². The number of hydrogen-bond donors (Lipinski definition) is 0. The Balaban J connectivity index is 2.19. The molecule has 1 aliphatic rings. The van der Waals surface area contributed by atoms with Crippen molar-refractivity contribution in [2.75, 3.05) is 5.88 Å². The molecule has 0 aliphatic carbocycles. The molecule has 3 heteroatoms. The summed E-state index contributed by atoms with van der Waals surface area (Å²) in [6, 6.07) is 0. The van der Waals surface area contributed by atoms with Gasteiger partial charge in [-0.05, 0) is 26.2 Å². The van der Waals surface area contributed by atoms with Crippen molar-refractivity contribution in [3.05, 3.63) is 12.2 Å². The number of carbonyl (C=O) groups is 1. The van der Waals surface area contributed by atoms with Crippen molar-refractivity contribution in [2.24, 2.45) is 5.92 Å². The average Bonchev–Trinajstić information content (AvgIpc) is 2.45. The Hall–Kier alpha value is -0.500. The van der Waals surface area contributed by atoms with E-state index in [2.05, 4.69) is 12.2 Å². The summed E-state index contributed by atoms with van der Waals surface area (Å²) in [7, 11) is 0. The van der Waals surface area contributed by atoms with E-state index in [4.69, 9.17) is 16.3 Å². The summed E-state index contributed by atoms with van der Waals surface area (Å²) in [6.07, 6.45) is 8.04. The molecule has 0 N–H and O–H groups in total. The van der Waals surface area contributed by atoms with Gasteiger partial charge in [0.2, 0.25) is 0 Å². The molecule has 0 radical (unpaired) electrons. The second-order valence-corrected chi connectivity index (χ2v) is 4.05. The Morgan fingerprint density at radius 1 is 1.57 bits per heavy atom. The van der Waals surface area contributed by atoms with Crippen LogP contribution in [0.2, 0.25) is 0 Å². The van der Waals surface area contributed by atoms with Crippen molar-refractivity contribution in [1.82, 2.24) is 0 Å². The maximum Gasteiger partial charge on any atom is 0.306 e. The van der Waals surface area contributed by atoms with Gasteiger partial charge in [-0.25, -0.2) is 0 Å². The summed E-state index contributed by atoms with van der Waals surface area (Å²) in [5.41, 5.74) is 0. The molecular weight excluding hydrogens is 200 g/mol. The van der Waals surface area contributed by atoms with Gasteiger partial charge in [0, 0.05) is 11.8 Å². The number of allylic oxidation sites excluding steroid dienone is 1. The summed E-state index contributed by atoms with van der Waals surface area (Å²) in [5.74, 6) is 0.932. The van der Waals surface area contributed by atoms with Crippen molar-refractivity contribution >= 4 is 17.6 Å². The number of carbonyl (C=O) groups excluding carboxylic acids is 1. The molecule has 2 unspecified atom stereocenters. The van der Waals surface area contributed by atoms with Crippen LogP contribution in [0, 0.1) is 5.92 Å². The van der Waals surface area contributed by atoms with Crippen LogP contribution in [0.25, 0.3) is 0 Å². The van der Waals surface area contributed by atoms with Gasteiger partial charge >= 0.3 is 5.97 Å². The van der Waals surface area contributed by atoms with Crippen LogP contribution >= 0.6 is 11.6 Å². The minimum Gasteiger partial charge on any atom is -0.462 e. The number of unbranched alkanes of at least 4 members (excludes halogenated alkanes) is 2. The van der Waals surface area contributed by atoms with Gasteiger partial charge in [-0.15, -0.1) is 11.6 Å². The van der Waals surface area contributed by atoms with Crippen molar-refractivity contribution in [3.63, 3.8) is 0 Å². The van der Waals surface area contributed by atoms with Crippen LogP contribution in [-0.4, -0.2) is 18.0 Å². The second kappa shape index (κ2) is 6.07. The SMILES string of the molecule is CC1OC(=O)CC1/C=C\CCCCCl. The minimum absolute atomic E-state index is 0.0479. The number of ether oxygens (including phenoxy) is 1. The van der Waals surface area contributed by atoms with E-state index in [1.54, 1.807) is 0 Å². The molecule has 2 atom stereocenters. The summed E-state index contributed by atoms with van der Waals surface area (Å²) in [5, 5.41) is 0. The molecule has 0 aromatic rings. The van der Waals surface area contributed by atoms with Crippen LogP contribution in [0.1, 0.15) is 32.6 Å². The third-order valence-electron chi connectivity index (χ3n) is 2.46. The van der Waals surface area contributed by atoms with E-state index in [1.807, 2.05) is 6.92 Å². The van der Waals surface area contributed by atoms with Crippen molar-refractivity contribution in [1.29, 1.82) is 0 Å². The van der Waals surface area contributed by atoms with Gasteiger partial charge in [-0.2, -0.15) is 0 Å². The van der Waals surface area contributed by atoms with Crippen molar-refractivity contribution in [3.8, 4) is 0 Å². The van der Waals surface area contributed by atoms with E-state index in [0.29, 0.717) is 6.42 Å². The Labute approximate surface area is 90.3 Å². The fourth-order valence-corrected chi connectivity index (χ4v) is 1.74. The Kier molecular flexibility index (Phi) is 5.02. The molecule has 1 rings (SSSR count). The van der Waals surface area contributed by atoms with Crippen LogP contribution in [0.15, 0.2) is 12.2 Å². The van der Waals surface area contributed by atoms with Gasteiger partial charge in [0.25, 0.3) is 0 Å². The lowest BCUT2D eigenvalue weighted by molar-refractivity contribution is -0.140. The molecule has 0 bridgehead atoms. The van der Waals surface area contributed by atoms with Crippen LogP contribution in [0.5, 0.6) is 0 Å². The lowest BCUT2D eigenvalue weighted by Crippen LogP contribution is -2.08. The third-order valence-corrected chi connectivity index (χ3v) is 2.73.